The summed E-state index contributed by atoms with van der Waals surface area (Å²) >= 11 is 1.38. The van der Waals surface area contributed by atoms with E-state index in [1.54, 1.807) is 65.8 Å². The molecule has 3 amide bonds. The number of thiazole rings is 1. The Morgan fingerprint density at radius 3 is 2.12 bits per heavy atom. The van der Waals surface area contributed by atoms with Crippen LogP contribution >= 0.6 is 11.3 Å². The molecule has 0 aliphatic carbocycles. The number of amides is 3. The van der Waals surface area contributed by atoms with Gasteiger partial charge in [0.1, 0.15) is 0 Å². The Morgan fingerprint density at radius 2 is 1.55 bits per heavy atom. The van der Waals surface area contributed by atoms with Gasteiger partial charge in [-0.05, 0) is 63.4 Å². The number of carbonyl (C=O) groups excluding carboxylic acids is 3. The average molecular weight is 568 g/mol. The third-order valence-corrected chi connectivity index (χ3v) is 6.49. The second kappa shape index (κ2) is 12.4. The molecule has 3 rings (SSSR count). The first kappa shape index (κ1) is 30.4. The number of aromatic nitrogens is 1. The maximum absolute atomic E-state index is 12.7. The van der Waals surface area contributed by atoms with Crippen molar-refractivity contribution in [1.82, 2.24) is 10.3 Å². The van der Waals surface area contributed by atoms with Gasteiger partial charge in [-0.3, -0.25) is 10.1 Å². The molecule has 1 aromatic heterocycles. The molecule has 10 nitrogen and oxygen atoms in total. The number of primary amides is 1. The van der Waals surface area contributed by atoms with Crippen LogP contribution in [0.5, 0.6) is 0 Å². The monoisotopic (exact) mass is 567 g/mol. The van der Waals surface area contributed by atoms with Crippen LogP contribution in [0.4, 0.5) is 20.4 Å². The maximum Gasteiger partial charge on any atom is 0.412 e. The lowest BCUT2D eigenvalue weighted by Crippen LogP contribution is -2.59. The minimum Gasteiger partial charge on any atom is -0.387 e. The minimum absolute atomic E-state index is 0.198. The highest BCUT2D eigenvalue weighted by Gasteiger charge is 2.50. The van der Waals surface area contributed by atoms with Crippen LogP contribution in [-0.2, 0) is 22.3 Å². The van der Waals surface area contributed by atoms with E-state index in [9.17, 15) is 14.4 Å². The van der Waals surface area contributed by atoms with Gasteiger partial charge in [0.15, 0.2) is 5.13 Å². The van der Waals surface area contributed by atoms with Crippen molar-refractivity contribution >= 4 is 40.2 Å². The van der Waals surface area contributed by atoms with Gasteiger partial charge in [-0.25, -0.2) is 14.6 Å². The molecule has 214 valence electrons. The van der Waals surface area contributed by atoms with Gasteiger partial charge in [0.2, 0.25) is 0 Å². The average Bonchev–Trinajstić information content (AvgIpc) is 3.29. The van der Waals surface area contributed by atoms with E-state index in [4.69, 9.17) is 15.2 Å². The summed E-state index contributed by atoms with van der Waals surface area (Å²) in [5, 5.41) is 11.1. The van der Waals surface area contributed by atoms with Gasteiger partial charge in [0, 0.05) is 22.2 Å². The fraction of sp³-hybridized carbons (Fsp3) is 0.379. The summed E-state index contributed by atoms with van der Waals surface area (Å²) in [7, 11) is 0. The molecule has 0 bridgehead atoms. The lowest BCUT2D eigenvalue weighted by molar-refractivity contribution is -0.201. The number of anilines is 2. The lowest BCUT2D eigenvalue weighted by Gasteiger charge is -2.42. The quantitative estimate of drug-likeness (QED) is 0.235. The number of aryl methyl sites for hydroxylation is 2. The summed E-state index contributed by atoms with van der Waals surface area (Å²) in [4.78, 5) is 41.4. The molecular formula is C29H37N5O5S. The topological polar surface area (TPSA) is 145 Å². The molecule has 0 saturated heterocycles. The molecule has 0 aliphatic rings. The largest absolute Gasteiger partial charge is 0.412 e. The summed E-state index contributed by atoms with van der Waals surface area (Å²) in [5.41, 5.74) is 6.95. The third kappa shape index (κ3) is 8.70. The van der Waals surface area contributed by atoms with Crippen molar-refractivity contribution in [2.75, 3.05) is 10.6 Å². The van der Waals surface area contributed by atoms with Crippen LogP contribution < -0.4 is 21.7 Å². The van der Waals surface area contributed by atoms with Crippen LogP contribution in [0.15, 0.2) is 60.0 Å². The Labute approximate surface area is 238 Å². The summed E-state index contributed by atoms with van der Waals surface area (Å²) in [6.45, 7) is 10.7. The zero-order valence-corrected chi connectivity index (χ0v) is 24.5. The number of nitrogens with zero attached hydrogens (tertiary/aromatic N) is 1. The molecule has 40 heavy (non-hydrogen) atoms. The maximum atomic E-state index is 12.7. The molecule has 1 heterocycles. The van der Waals surface area contributed by atoms with Gasteiger partial charge in [-0.1, -0.05) is 51.1 Å². The SMILES string of the molecule is CC(C)(C)NC(=O)OC(Nc1ccc(CCc2csc(NC(=O)c3ccccc3)n2)cc1)(OC(N)=O)C(C)(C)C. The molecule has 0 fully saturated rings. The number of rotatable bonds is 9. The zero-order valence-electron chi connectivity index (χ0n) is 23.7. The van der Waals surface area contributed by atoms with E-state index < -0.39 is 29.1 Å². The van der Waals surface area contributed by atoms with Crippen molar-refractivity contribution in [2.45, 2.75) is 65.8 Å². The molecular weight excluding hydrogens is 530 g/mol. The summed E-state index contributed by atoms with van der Waals surface area (Å²) in [5.74, 6) is -2.08. The van der Waals surface area contributed by atoms with Crippen LogP contribution in [0.25, 0.3) is 0 Å². The molecule has 0 radical (unpaired) electrons. The summed E-state index contributed by atoms with van der Waals surface area (Å²) in [6, 6.07) is 16.4. The van der Waals surface area contributed by atoms with E-state index in [1.165, 1.54) is 11.3 Å². The van der Waals surface area contributed by atoms with E-state index in [-0.39, 0.29) is 5.91 Å². The van der Waals surface area contributed by atoms with Crippen molar-refractivity contribution in [3.05, 3.63) is 76.8 Å². The Balaban J connectivity index is 1.66. The van der Waals surface area contributed by atoms with Crippen LogP contribution in [-0.4, -0.2) is 34.5 Å². The molecule has 1 atom stereocenters. The molecule has 0 aliphatic heterocycles. The summed E-state index contributed by atoms with van der Waals surface area (Å²) in [6.07, 6.45) is -0.472. The fourth-order valence-electron chi connectivity index (χ4n) is 3.62. The normalized spacial score (nSPS) is 13.1. The Morgan fingerprint density at radius 1 is 0.900 bits per heavy atom. The third-order valence-electron chi connectivity index (χ3n) is 5.69. The number of nitrogens with two attached hydrogens (primary N) is 1. The predicted octanol–water partition coefficient (Wildman–Crippen LogP) is 5.91. The first-order valence-corrected chi connectivity index (χ1v) is 13.7. The number of ether oxygens (including phenoxy) is 2. The number of hydrogen-bond acceptors (Lipinski definition) is 8. The van der Waals surface area contributed by atoms with E-state index in [2.05, 4.69) is 20.9 Å². The smallest absolute Gasteiger partial charge is 0.387 e. The van der Waals surface area contributed by atoms with E-state index >= 15 is 0 Å². The standard InChI is InChI=1S/C29H37N5O5S/c1-27(2,3)29(38-24(30)36,39-26(37)34-28(4,5)6)33-21-15-12-19(13-16-21)14-17-22-18-40-25(31-22)32-23(35)20-10-8-7-9-11-20/h7-13,15-16,18,33H,14,17H2,1-6H3,(H2,30,36)(H,34,37)(H,31,32,35). The Kier molecular flexibility index (Phi) is 9.41. The molecule has 2 aromatic carbocycles. The number of hydrogen-bond donors (Lipinski definition) is 4. The molecule has 11 heteroatoms. The number of benzene rings is 2. The molecule has 0 spiro atoms. The van der Waals surface area contributed by atoms with E-state index in [0.29, 0.717) is 29.2 Å². The van der Waals surface area contributed by atoms with Crippen LogP contribution in [0.3, 0.4) is 0 Å². The second-order valence-electron chi connectivity index (χ2n) is 11.3. The molecule has 5 N–H and O–H groups in total. The van der Waals surface area contributed by atoms with Gasteiger partial charge in [0.05, 0.1) is 11.1 Å². The minimum atomic E-state index is -1.88. The molecule has 3 aromatic rings. The zero-order chi connectivity index (χ0) is 29.6. The molecule has 1 unspecified atom stereocenters. The van der Waals surface area contributed by atoms with Crippen molar-refractivity contribution in [2.24, 2.45) is 11.1 Å². The van der Waals surface area contributed by atoms with Crippen LogP contribution in [0.1, 0.15) is 63.2 Å². The summed E-state index contributed by atoms with van der Waals surface area (Å²) < 4.78 is 11.1. The first-order valence-electron chi connectivity index (χ1n) is 12.8. The number of carbonyl (C=O) groups is 3. The van der Waals surface area contributed by atoms with Crippen molar-refractivity contribution in [1.29, 1.82) is 0 Å². The lowest BCUT2D eigenvalue weighted by atomic mass is 9.90. The van der Waals surface area contributed by atoms with E-state index in [1.807, 2.05) is 35.7 Å². The van der Waals surface area contributed by atoms with Crippen LogP contribution in [0.2, 0.25) is 0 Å². The van der Waals surface area contributed by atoms with Crippen LogP contribution in [0, 0.1) is 5.41 Å². The number of alkyl carbamates (subject to hydrolysis) is 1. The molecule has 0 saturated carbocycles. The van der Waals surface area contributed by atoms with Crippen molar-refractivity contribution in [3.63, 3.8) is 0 Å². The van der Waals surface area contributed by atoms with Gasteiger partial charge in [-0.2, -0.15) is 0 Å². The fourth-order valence-corrected chi connectivity index (χ4v) is 4.36. The highest BCUT2D eigenvalue weighted by atomic mass is 32.1. The van der Waals surface area contributed by atoms with Crippen molar-refractivity contribution in [3.8, 4) is 0 Å². The predicted molar refractivity (Wildman–Crippen MR) is 156 cm³/mol. The van der Waals surface area contributed by atoms with Crippen molar-refractivity contribution < 1.29 is 23.9 Å². The van der Waals surface area contributed by atoms with E-state index in [0.717, 1.165) is 11.3 Å². The van der Waals surface area contributed by atoms with Gasteiger partial charge < -0.3 is 25.8 Å². The van der Waals surface area contributed by atoms with Gasteiger partial charge in [0.25, 0.3) is 5.91 Å². The Bertz CT molecular complexity index is 1310. The first-order chi connectivity index (χ1) is 18.7. The number of nitrogens with one attached hydrogen (secondary N) is 3. The Hall–Kier alpha value is -4.12. The van der Waals surface area contributed by atoms with Gasteiger partial charge >= 0.3 is 18.1 Å². The highest BCUT2D eigenvalue weighted by Crippen LogP contribution is 2.36. The second-order valence-corrected chi connectivity index (χ2v) is 12.2. The highest BCUT2D eigenvalue weighted by molar-refractivity contribution is 7.14. The van der Waals surface area contributed by atoms with Gasteiger partial charge in [-0.15, -0.1) is 11.3 Å².